The third kappa shape index (κ3) is 6.64. The molecule has 0 aromatic carbocycles. The average Bonchev–Trinajstić information content (AvgIpc) is 3.14. The van der Waals surface area contributed by atoms with Crippen LogP contribution >= 0.6 is 15.6 Å². The number of carbonyl (C=O) groups is 1. The average molecular weight is 603 g/mol. The van der Waals surface area contributed by atoms with Crippen LogP contribution in [0.15, 0.2) is 0 Å². The molecule has 0 spiro atoms. The Bertz CT molecular complexity index is 1020. The molecule has 4 aliphatic carbocycles. The summed E-state index contributed by atoms with van der Waals surface area (Å²) in [5.74, 6) is -2.92. The van der Waals surface area contributed by atoms with Crippen LogP contribution in [0.3, 0.4) is 0 Å². The number of phosphoric ester groups is 2. The van der Waals surface area contributed by atoms with Crippen molar-refractivity contribution >= 4 is 21.6 Å². The Balaban J connectivity index is 1.40. The molecule has 0 amide bonds. The van der Waals surface area contributed by atoms with Crippen LogP contribution < -0.4 is 0 Å². The van der Waals surface area contributed by atoms with E-state index in [9.17, 15) is 23.7 Å². The molecule has 0 heterocycles. The number of esters is 1. The van der Waals surface area contributed by atoms with E-state index < -0.39 is 40.4 Å². The van der Waals surface area contributed by atoms with Gasteiger partial charge in [-0.05, 0) is 91.3 Å². The van der Waals surface area contributed by atoms with Crippen molar-refractivity contribution < 1.29 is 56.1 Å². The van der Waals surface area contributed by atoms with Gasteiger partial charge < -0.3 is 24.3 Å². The molecule has 0 bridgehead atoms. The van der Waals surface area contributed by atoms with Crippen molar-refractivity contribution in [2.24, 2.45) is 46.3 Å². The quantitative estimate of drug-likeness (QED) is 0.153. The van der Waals surface area contributed by atoms with Gasteiger partial charge in [-0.15, -0.1) is 0 Å². The minimum atomic E-state index is -5.01. The first-order chi connectivity index (χ1) is 17.9. The van der Waals surface area contributed by atoms with E-state index >= 15 is 8.78 Å². The van der Waals surface area contributed by atoms with Crippen molar-refractivity contribution in [3.63, 3.8) is 0 Å². The van der Waals surface area contributed by atoms with Crippen molar-refractivity contribution in [1.82, 2.24) is 0 Å². The molecule has 14 heteroatoms. The molecule has 10 atom stereocenters. The fourth-order valence-corrected chi connectivity index (χ4v) is 9.93. The molecule has 4 rings (SSSR count). The number of hydrogen-bond donors (Lipinski definition) is 4. The molecule has 4 saturated carbocycles. The summed E-state index contributed by atoms with van der Waals surface area (Å²) in [7, 11) is -9.73. The number of ether oxygens (including phenoxy) is 1. The zero-order chi connectivity index (χ0) is 29.0. The fraction of sp³-hybridized carbons (Fsp3) is 0.960. The van der Waals surface area contributed by atoms with Crippen LogP contribution in [0.2, 0.25) is 0 Å². The van der Waals surface area contributed by atoms with Gasteiger partial charge in [0, 0.05) is 19.3 Å². The van der Waals surface area contributed by atoms with Gasteiger partial charge >= 0.3 is 21.6 Å². The predicted octanol–water partition coefficient (Wildman–Crippen LogP) is 5.39. The Morgan fingerprint density at radius 2 is 1.67 bits per heavy atom. The maximum atomic E-state index is 16.0. The number of halogens is 2. The minimum absolute atomic E-state index is 0.0574. The lowest BCUT2D eigenvalue weighted by Crippen LogP contribution is -2.59. The van der Waals surface area contributed by atoms with Gasteiger partial charge in [0.2, 0.25) is 12.6 Å². The lowest BCUT2D eigenvalue weighted by atomic mass is 9.44. The molecule has 0 saturated heterocycles. The smallest absolute Gasteiger partial charge is 0.438 e. The molecule has 0 aliphatic heterocycles. The lowest BCUT2D eigenvalue weighted by Gasteiger charge is -2.62. The van der Waals surface area contributed by atoms with E-state index in [0.29, 0.717) is 12.8 Å². The van der Waals surface area contributed by atoms with E-state index in [4.69, 9.17) is 14.5 Å². The molecular weight excluding hydrogens is 560 g/mol. The SMILES string of the molecule is CC(CCC(=O)OCOP(=O)(O)O)C1CCC2C3C(F)CC4CC(F)(OP(=O)(O)O)CCC4(C)C3CCC12C. The van der Waals surface area contributed by atoms with E-state index in [1.54, 1.807) is 0 Å². The van der Waals surface area contributed by atoms with E-state index in [-0.39, 0.29) is 72.0 Å². The Hall–Kier alpha value is -0.450. The molecule has 4 aliphatic rings. The minimum Gasteiger partial charge on any atom is -0.438 e. The summed E-state index contributed by atoms with van der Waals surface area (Å²) in [5, 5.41) is 0. The number of rotatable bonds is 9. The molecule has 4 fully saturated rings. The van der Waals surface area contributed by atoms with E-state index in [1.165, 1.54) is 0 Å². The van der Waals surface area contributed by atoms with Crippen LogP contribution in [0.5, 0.6) is 0 Å². The van der Waals surface area contributed by atoms with Crippen molar-refractivity contribution in [3.8, 4) is 0 Å². The van der Waals surface area contributed by atoms with Gasteiger partial charge in [-0.3, -0.25) is 4.79 Å². The van der Waals surface area contributed by atoms with Crippen LogP contribution in [0.1, 0.15) is 85.0 Å². The summed E-state index contributed by atoms with van der Waals surface area (Å²) >= 11 is 0. The highest BCUT2D eigenvalue weighted by Crippen LogP contribution is 2.70. The van der Waals surface area contributed by atoms with Crippen LogP contribution in [-0.4, -0.2) is 44.4 Å². The standard InChI is InChI=1S/C25H42F2O10P2/c1-15(4-7-21(28)35-14-36-38(29,30)31)17-5-6-18-22-19(8-9-24(17,18)3)23(2)10-11-25(27,37-39(32,33)34)13-16(23)12-20(22)26/h15-20,22H,4-14H2,1-3H3,(H2,29,30,31)(H2,32,33,34). The summed E-state index contributed by atoms with van der Waals surface area (Å²) in [6, 6.07) is 0. The molecule has 226 valence electrons. The number of fused-ring (bicyclic) bond motifs is 5. The number of alkyl halides is 2. The van der Waals surface area contributed by atoms with E-state index in [2.05, 4.69) is 29.8 Å². The maximum absolute atomic E-state index is 16.0. The van der Waals surface area contributed by atoms with Crippen molar-refractivity contribution in [2.45, 2.75) is 97.0 Å². The van der Waals surface area contributed by atoms with Crippen LogP contribution in [-0.2, 0) is 27.7 Å². The molecule has 10 nitrogen and oxygen atoms in total. The molecule has 39 heavy (non-hydrogen) atoms. The second-order valence-electron chi connectivity index (χ2n) is 12.9. The highest BCUT2D eigenvalue weighted by atomic mass is 31.2. The summed E-state index contributed by atoms with van der Waals surface area (Å²) in [4.78, 5) is 47.8. The topological polar surface area (TPSA) is 160 Å². The van der Waals surface area contributed by atoms with Crippen LogP contribution in [0.25, 0.3) is 0 Å². The van der Waals surface area contributed by atoms with Gasteiger partial charge in [0.15, 0.2) is 0 Å². The van der Waals surface area contributed by atoms with Gasteiger partial charge in [-0.1, -0.05) is 20.8 Å². The first-order valence-corrected chi connectivity index (χ1v) is 16.9. The second kappa shape index (κ2) is 11.0. The summed E-state index contributed by atoms with van der Waals surface area (Å²) in [5.41, 5.74) is -0.436. The normalized spacial score (nSPS) is 43.2. The van der Waals surface area contributed by atoms with E-state index in [0.717, 1.165) is 25.7 Å². The Morgan fingerprint density at radius 3 is 2.31 bits per heavy atom. The van der Waals surface area contributed by atoms with Crippen molar-refractivity contribution in [3.05, 3.63) is 0 Å². The Kier molecular flexibility index (Phi) is 8.88. The third-order valence-electron chi connectivity index (χ3n) is 10.9. The van der Waals surface area contributed by atoms with Crippen LogP contribution in [0, 0.1) is 46.3 Å². The van der Waals surface area contributed by atoms with Crippen molar-refractivity contribution in [2.75, 3.05) is 6.79 Å². The zero-order valence-electron chi connectivity index (χ0n) is 22.7. The van der Waals surface area contributed by atoms with Gasteiger partial charge in [0.1, 0.15) is 6.17 Å². The zero-order valence-corrected chi connectivity index (χ0v) is 24.5. The highest BCUT2D eigenvalue weighted by Gasteiger charge is 2.65. The predicted molar refractivity (Wildman–Crippen MR) is 135 cm³/mol. The van der Waals surface area contributed by atoms with Gasteiger partial charge in [-0.25, -0.2) is 27.0 Å². The van der Waals surface area contributed by atoms with Crippen molar-refractivity contribution in [1.29, 1.82) is 0 Å². The summed E-state index contributed by atoms with van der Waals surface area (Å²) < 4.78 is 66.8. The first kappa shape index (κ1) is 31.5. The molecular formula is C25H42F2O10P2. The second-order valence-corrected chi connectivity index (χ2v) is 15.3. The Morgan fingerprint density at radius 1 is 1.00 bits per heavy atom. The molecule has 10 unspecified atom stereocenters. The molecule has 4 N–H and O–H groups in total. The molecule has 0 radical (unpaired) electrons. The molecule has 0 aromatic heterocycles. The number of phosphoric acid groups is 2. The number of carbonyl (C=O) groups excluding carboxylic acids is 1. The third-order valence-corrected chi connectivity index (χ3v) is 11.9. The number of hydrogen-bond acceptors (Lipinski definition) is 6. The lowest BCUT2D eigenvalue weighted by molar-refractivity contribution is -0.202. The largest absolute Gasteiger partial charge is 0.472 e. The van der Waals surface area contributed by atoms with Crippen LogP contribution in [0.4, 0.5) is 8.78 Å². The highest BCUT2D eigenvalue weighted by molar-refractivity contribution is 7.46. The maximum Gasteiger partial charge on any atom is 0.472 e. The molecule has 0 aromatic rings. The summed E-state index contributed by atoms with van der Waals surface area (Å²) in [6.45, 7) is 5.60. The monoisotopic (exact) mass is 602 g/mol. The van der Waals surface area contributed by atoms with Gasteiger partial charge in [0.05, 0.1) is 0 Å². The van der Waals surface area contributed by atoms with Gasteiger partial charge in [0.25, 0.3) is 0 Å². The fourth-order valence-electron chi connectivity index (χ4n) is 9.15. The Labute approximate surface area is 228 Å². The summed E-state index contributed by atoms with van der Waals surface area (Å²) in [6.07, 6.45) is 3.18. The van der Waals surface area contributed by atoms with E-state index in [1.807, 2.05) is 0 Å². The first-order valence-electron chi connectivity index (χ1n) is 13.8. The van der Waals surface area contributed by atoms with Gasteiger partial charge in [-0.2, -0.15) is 0 Å².